The molecule has 0 bridgehead atoms. The van der Waals surface area contributed by atoms with Crippen molar-refractivity contribution in [3.63, 3.8) is 0 Å². The summed E-state index contributed by atoms with van der Waals surface area (Å²) in [6, 6.07) is 0. The van der Waals surface area contributed by atoms with Crippen LogP contribution in [-0.2, 0) is 23.0 Å². The Labute approximate surface area is 53.1 Å². The van der Waals surface area contributed by atoms with E-state index in [2.05, 4.69) is 13.2 Å². The fourth-order valence-electron chi connectivity index (χ4n) is 0.0833. The quantitative estimate of drug-likeness (QED) is 0.650. The average molecular weight is 261 g/mol. The van der Waals surface area contributed by atoms with E-state index in [4.69, 9.17) is 0 Å². The summed E-state index contributed by atoms with van der Waals surface area (Å²) in [5.41, 5.74) is 3.83. The summed E-state index contributed by atoms with van der Waals surface area (Å²) in [4.78, 5) is 0. The summed E-state index contributed by atoms with van der Waals surface area (Å²) < 4.78 is 0. The Balaban J connectivity index is 3.52. The Kier molecular flexibility index (Phi) is 4.10. The van der Waals surface area contributed by atoms with Gasteiger partial charge in [-0.2, -0.15) is 0 Å². The maximum absolute atomic E-state index is 3.64. The van der Waals surface area contributed by atoms with Crippen molar-refractivity contribution in [1.29, 1.82) is 0 Å². The van der Waals surface area contributed by atoms with Crippen LogP contribution in [0.4, 0.5) is 0 Å². The molecule has 0 amide bonds. The first-order chi connectivity index (χ1) is 2.81. The Morgan fingerprint density at radius 3 is 1.67 bits per heavy atom. The molecule has 0 radical (unpaired) electrons. The van der Waals surface area contributed by atoms with Crippen molar-refractivity contribution in [3.05, 3.63) is 24.6 Å². The molecule has 0 atom stereocenters. The first-order valence-corrected chi connectivity index (χ1v) is 8.69. The van der Waals surface area contributed by atoms with Crippen LogP contribution < -0.4 is 0 Å². The molecule has 2 heteroatoms. The fraction of sp³-hybridized carbons (Fsp3) is 0. The SMILES string of the molecule is C=C[Si](=[Hf+2])C=C. The Bertz CT molecular complexity index is 75.5. The monoisotopic (exact) mass is 262 g/mol. The van der Waals surface area contributed by atoms with Crippen LogP contribution in [0.5, 0.6) is 0 Å². The Morgan fingerprint density at radius 2 is 1.67 bits per heavy atom. The van der Waals surface area contributed by atoms with Crippen molar-refractivity contribution < 1.29 is 23.0 Å². The molecule has 0 aromatic rings. The van der Waals surface area contributed by atoms with E-state index in [1.54, 1.807) is 0 Å². The van der Waals surface area contributed by atoms with Crippen LogP contribution in [0.2, 0.25) is 0 Å². The van der Waals surface area contributed by atoms with E-state index in [1.807, 2.05) is 11.4 Å². The van der Waals surface area contributed by atoms with Gasteiger partial charge in [0.2, 0.25) is 0 Å². The molecule has 0 aliphatic carbocycles. The van der Waals surface area contributed by atoms with Gasteiger partial charge < -0.3 is 0 Å². The third kappa shape index (κ3) is 2.79. The molecule has 0 N–H and O–H groups in total. The van der Waals surface area contributed by atoms with E-state index in [0.29, 0.717) is 0 Å². The summed E-state index contributed by atoms with van der Waals surface area (Å²) in [5.74, 6) is 0. The topological polar surface area (TPSA) is 0 Å². The van der Waals surface area contributed by atoms with Gasteiger partial charge in [-0.05, 0) is 0 Å². The number of hydrogen-bond acceptors (Lipinski definition) is 0. The van der Waals surface area contributed by atoms with Crippen LogP contribution in [0.25, 0.3) is 0 Å². The molecule has 6 heavy (non-hydrogen) atoms. The Hall–Kier alpha value is 0.567. The van der Waals surface area contributed by atoms with Crippen LogP contribution in [0.15, 0.2) is 24.6 Å². The molecular weight excluding hydrogens is 255 g/mol. The van der Waals surface area contributed by atoms with Crippen LogP contribution in [0, 0.1) is 0 Å². The molecule has 0 saturated heterocycles. The Morgan fingerprint density at radius 1 is 1.33 bits per heavy atom. The predicted octanol–water partition coefficient (Wildman–Crippen LogP) is 0.975. The van der Waals surface area contributed by atoms with Gasteiger partial charge in [0.25, 0.3) is 0 Å². The third-order valence-electron chi connectivity index (χ3n) is 0.440. The summed E-state index contributed by atoms with van der Waals surface area (Å²) in [6.45, 7) is 7.28. The molecule has 0 saturated carbocycles. The first-order valence-electron chi connectivity index (χ1n) is 1.64. The van der Waals surface area contributed by atoms with Crippen LogP contribution in [-0.4, -0.2) is 5.49 Å². The molecule has 0 unspecified atom stereocenters. The maximum atomic E-state index is 3.64. The minimum atomic E-state index is -0.202. The molecule has 0 aromatic heterocycles. The summed E-state index contributed by atoms with van der Waals surface area (Å²) in [6.07, 6.45) is 0. The summed E-state index contributed by atoms with van der Waals surface area (Å²) >= 11 is 1.26. The van der Waals surface area contributed by atoms with E-state index in [1.165, 1.54) is 23.0 Å². The molecule has 0 fully saturated rings. The number of hydrogen-bond donors (Lipinski definition) is 0. The average Bonchev–Trinajstić information content (AvgIpc) is 1.65. The van der Waals surface area contributed by atoms with Crippen molar-refractivity contribution in [2.75, 3.05) is 0 Å². The zero-order valence-corrected chi connectivity index (χ0v) is 8.16. The van der Waals surface area contributed by atoms with E-state index in [-0.39, 0.29) is 5.49 Å². The fourth-order valence-corrected chi connectivity index (χ4v) is 0.250. The predicted molar refractivity (Wildman–Crippen MR) is 26.1 cm³/mol. The van der Waals surface area contributed by atoms with Crippen molar-refractivity contribution in [1.82, 2.24) is 0 Å². The van der Waals surface area contributed by atoms with Crippen molar-refractivity contribution in [2.45, 2.75) is 0 Å². The zero-order valence-electron chi connectivity index (χ0n) is 3.57. The third-order valence-corrected chi connectivity index (χ3v) is 5.72. The van der Waals surface area contributed by atoms with E-state index >= 15 is 0 Å². The molecule has 0 aromatic carbocycles. The molecular formula is C4H6HfSi+2. The van der Waals surface area contributed by atoms with Crippen molar-refractivity contribution in [3.8, 4) is 0 Å². The molecule has 0 heterocycles. The zero-order chi connectivity index (χ0) is 4.99. The van der Waals surface area contributed by atoms with Crippen LogP contribution in [0.3, 0.4) is 0 Å². The van der Waals surface area contributed by atoms with Crippen LogP contribution in [0.1, 0.15) is 0 Å². The molecule has 0 spiro atoms. The first kappa shape index (κ1) is 6.57. The van der Waals surface area contributed by atoms with E-state index < -0.39 is 0 Å². The number of rotatable bonds is 2. The van der Waals surface area contributed by atoms with Gasteiger partial charge in [-0.1, -0.05) is 0 Å². The summed E-state index contributed by atoms with van der Waals surface area (Å²) in [5, 5.41) is 0. The van der Waals surface area contributed by atoms with Gasteiger partial charge in [0.1, 0.15) is 0 Å². The molecule has 28 valence electrons. The van der Waals surface area contributed by atoms with Crippen molar-refractivity contribution >= 4 is 5.49 Å². The van der Waals surface area contributed by atoms with Gasteiger partial charge in [-0.25, -0.2) is 0 Å². The van der Waals surface area contributed by atoms with Gasteiger partial charge >= 0.3 is 53.1 Å². The van der Waals surface area contributed by atoms with E-state index in [0.717, 1.165) is 0 Å². The van der Waals surface area contributed by atoms with Gasteiger partial charge in [0.05, 0.1) is 0 Å². The standard InChI is InChI=1S/C4H6Si.Hf/c1-3-5-4-2;/h3-4H,1-2H2;/q;+2. The molecule has 0 rings (SSSR count). The second-order valence-corrected chi connectivity index (χ2v) is 8.81. The van der Waals surface area contributed by atoms with Gasteiger partial charge in [-0.3, -0.25) is 0 Å². The normalized spacial score (nSPS) is 7.00. The molecule has 0 aliphatic rings. The molecule has 0 aliphatic heterocycles. The van der Waals surface area contributed by atoms with Crippen molar-refractivity contribution in [2.24, 2.45) is 0 Å². The minimum absolute atomic E-state index is 0.202. The van der Waals surface area contributed by atoms with Gasteiger partial charge in [0, 0.05) is 0 Å². The van der Waals surface area contributed by atoms with E-state index in [9.17, 15) is 0 Å². The molecule has 0 nitrogen and oxygen atoms in total. The second kappa shape index (κ2) is 3.75. The second-order valence-electron chi connectivity index (χ2n) is 0.864. The van der Waals surface area contributed by atoms with Gasteiger partial charge in [-0.15, -0.1) is 0 Å². The summed E-state index contributed by atoms with van der Waals surface area (Å²) in [7, 11) is 0. The van der Waals surface area contributed by atoms with Gasteiger partial charge in [0.15, 0.2) is 0 Å². The van der Waals surface area contributed by atoms with Crippen LogP contribution >= 0.6 is 0 Å².